The minimum Gasteiger partial charge on any atom is -0.464 e. The molecule has 1 aromatic rings. The van der Waals surface area contributed by atoms with Crippen molar-refractivity contribution in [3.8, 4) is 0 Å². The zero-order valence-electron chi connectivity index (χ0n) is 12.9. The van der Waals surface area contributed by atoms with Crippen molar-refractivity contribution >= 4 is 5.97 Å². The Bertz CT molecular complexity index is 409. The second kappa shape index (κ2) is 11.3. The van der Waals surface area contributed by atoms with Crippen molar-refractivity contribution in [3.05, 3.63) is 35.4 Å². The van der Waals surface area contributed by atoms with Crippen molar-refractivity contribution in [1.82, 2.24) is 5.32 Å². The van der Waals surface area contributed by atoms with Crippen molar-refractivity contribution < 1.29 is 19.0 Å². The van der Waals surface area contributed by atoms with E-state index in [0.717, 1.165) is 6.54 Å². The number of carbonyl (C=O) groups excluding carboxylic acids is 1. The lowest BCUT2D eigenvalue weighted by Gasteiger charge is -2.10. The highest BCUT2D eigenvalue weighted by molar-refractivity contribution is 5.70. The fraction of sp³-hybridized carbons (Fsp3) is 0.562. The monoisotopic (exact) mass is 295 g/mol. The summed E-state index contributed by atoms with van der Waals surface area (Å²) in [4.78, 5) is 11.1. The normalized spacial score (nSPS) is 10.6. The summed E-state index contributed by atoms with van der Waals surface area (Å²) >= 11 is 0. The maximum Gasteiger partial charge on any atom is 0.332 e. The van der Waals surface area contributed by atoms with Crippen LogP contribution >= 0.6 is 0 Å². The molecule has 5 nitrogen and oxygen atoms in total. The molecule has 0 saturated heterocycles. The zero-order chi connectivity index (χ0) is 15.3. The van der Waals surface area contributed by atoms with Gasteiger partial charge < -0.3 is 19.5 Å². The van der Waals surface area contributed by atoms with Crippen LogP contribution in [0.5, 0.6) is 0 Å². The third-order valence-electron chi connectivity index (χ3n) is 2.84. The Kier molecular flexibility index (Phi) is 9.44. The zero-order valence-corrected chi connectivity index (χ0v) is 12.9. The number of esters is 1. The smallest absolute Gasteiger partial charge is 0.332 e. The van der Waals surface area contributed by atoms with Crippen LogP contribution in [0.15, 0.2) is 24.3 Å². The summed E-state index contributed by atoms with van der Waals surface area (Å²) in [6.45, 7) is 7.42. The number of rotatable bonds is 11. The molecule has 0 heterocycles. The predicted octanol–water partition coefficient (Wildman–Crippen LogP) is 1.89. The Hall–Kier alpha value is -1.43. The summed E-state index contributed by atoms with van der Waals surface area (Å²) in [5.41, 5.74) is 2.41. The molecule has 0 saturated carbocycles. The maximum absolute atomic E-state index is 11.1. The van der Waals surface area contributed by atoms with E-state index in [1.165, 1.54) is 11.1 Å². The second-order valence-electron chi connectivity index (χ2n) is 4.44. The number of benzene rings is 1. The van der Waals surface area contributed by atoms with Crippen LogP contribution in [0.2, 0.25) is 0 Å². The third-order valence-corrected chi connectivity index (χ3v) is 2.84. The average Bonchev–Trinajstić information content (AvgIpc) is 2.50. The van der Waals surface area contributed by atoms with E-state index in [1.54, 1.807) is 6.92 Å². The number of hydrogen-bond acceptors (Lipinski definition) is 5. The van der Waals surface area contributed by atoms with E-state index in [9.17, 15) is 4.79 Å². The summed E-state index contributed by atoms with van der Waals surface area (Å²) in [6, 6.07) is 8.19. The predicted molar refractivity (Wildman–Crippen MR) is 80.9 cm³/mol. The molecule has 0 aliphatic rings. The van der Waals surface area contributed by atoms with Gasteiger partial charge in [0.25, 0.3) is 0 Å². The van der Waals surface area contributed by atoms with Gasteiger partial charge in [-0.25, -0.2) is 4.79 Å². The summed E-state index contributed by atoms with van der Waals surface area (Å²) in [7, 11) is 0. The molecule has 1 N–H and O–H groups in total. The summed E-state index contributed by atoms with van der Waals surface area (Å²) in [5, 5.41) is 3.29. The van der Waals surface area contributed by atoms with Gasteiger partial charge >= 0.3 is 5.97 Å². The highest BCUT2D eigenvalue weighted by Gasteiger charge is 2.02. The van der Waals surface area contributed by atoms with E-state index >= 15 is 0 Å². The second-order valence-corrected chi connectivity index (χ2v) is 4.44. The molecular formula is C16H25NO4. The molecule has 0 atom stereocenters. The standard InChI is InChI=1S/C16H25NO4/c1-3-19-12-15-8-6-5-7-14(15)11-17-9-10-20-13-16(18)21-4-2/h5-8,17H,3-4,9-13H2,1-2H3. The van der Waals surface area contributed by atoms with Crippen LogP contribution in [0.4, 0.5) is 0 Å². The molecule has 0 amide bonds. The Labute approximate surface area is 126 Å². The molecule has 0 aromatic heterocycles. The Morgan fingerprint density at radius 2 is 1.86 bits per heavy atom. The molecular weight excluding hydrogens is 270 g/mol. The van der Waals surface area contributed by atoms with Crippen molar-refractivity contribution in [3.63, 3.8) is 0 Å². The van der Waals surface area contributed by atoms with Gasteiger partial charge in [0.1, 0.15) is 6.61 Å². The Morgan fingerprint density at radius 3 is 2.57 bits per heavy atom. The Balaban J connectivity index is 2.19. The molecule has 1 rings (SSSR count). The highest BCUT2D eigenvalue weighted by atomic mass is 16.6. The van der Waals surface area contributed by atoms with Gasteiger partial charge in [-0.3, -0.25) is 0 Å². The number of hydrogen-bond donors (Lipinski definition) is 1. The highest BCUT2D eigenvalue weighted by Crippen LogP contribution is 2.09. The SMILES string of the molecule is CCOCc1ccccc1CNCCOCC(=O)OCC. The topological polar surface area (TPSA) is 56.8 Å². The van der Waals surface area contributed by atoms with Gasteiger partial charge in [-0.1, -0.05) is 24.3 Å². The van der Waals surface area contributed by atoms with E-state index in [2.05, 4.69) is 17.4 Å². The largest absolute Gasteiger partial charge is 0.464 e. The van der Waals surface area contributed by atoms with Gasteiger partial charge in [-0.15, -0.1) is 0 Å². The first-order valence-corrected chi connectivity index (χ1v) is 7.36. The van der Waals surface area contributed by atoms with Gasteiger partial charge in [-0.2, -0.15) is 0 Å². The van der Waals surface area contributed by atoms with Crippen molar-refractivity contribution in [2.75, 3.05) is 33.0 Å². The van der Waals surface area contributed by atoms with E-state index in [1.807, 2.05) is 19.1 Å². The number of ether oxygens (including phenoxy) is 3. The summed E-state index contributed by atoms with van der Waals surface area (Å²) < 4.78 is 15.4. The molecule has 0 fully saturated rings. The summed E-state index contributed by atoms with van der Waals surface area (Å²) in [5.74, 6) is -0.320. The lowest BCUT2D eigenvalue weighted by Crippen LogP contribution is -2.22. The van der Waals surface area contributed by atoms with E-state index in [0.29, 0.717) is 33.0 Å². The van der Waals surface area contributed by atoms with Gasteiger partial charge in [0.15, 0.2) is 0 Å². The Morgan fingerprint density at radius 1 is 1.10 bits per heavy atom. The van der Waals surface area contributed by atoms with Crippen molar-refractivity contribution in [2.45, 2.75) is 27.0 Å². The van der Waals surface area contributed by atoms with Crippen LogP contribution in [-0.4, -0.2) is 38.9 Å². The lowest BCUT2D eigenvalue weighted by atomic mass is 10.1. The van der Waals surface area contributed by atoms with Crippen LogP contribution in [0.1, 0.15) is 25.0 Å². The average molecular weight is 295 g/mol. The fourth-order valence-electron chi connectivity index (χ4n) is 1.81. The van der Waals surface area contributed by atoms with E-state index < -0.39 is 0 Å². The molecule has 0 bridgehead atoms. The van der Waals surface area contributed by atoms with Crippen LogP contribution in [0.25, 0.3) is 0 Å². The minimum absolute atomic E-state index is 0.0104. The van der Waals surface area contributed by atoms with Gasteiger partial charge in [0.2, 0.25) is 0 Å². The molecule has 118 valence electrons. The van der Waals surface area contributed by atoms with Crippen molar-refractivity contribution in [2.24, 2.45) is 0 Å². The van der Waals surface area contributed by atoms with E-state index in [4.69, 9.17) is 14.2 Å². The molecule has 0 aliphatic carbocycles. The molecule has 5 heteroatoms. The molecule has 0 spiro atoms. The first-order valence-electron chi connectivity index (χ1n) is 7.36. The summed E-state index contributed by atoms with van der Waals surface area (Å²) in [6.07, 6.45) is 0. The van der Waals surface area contributed by atoms with Gasteiger partial charge in [0, 0.05) is 19.7 Å². The van der Waals surface area contributed by atoms with Crippen LogP contribution in [0.3, 0.4) is 0 Å². The van der Waals surface area contributed by atoms with E-state index in [-0.39, 0.29) is 12.6 Å². The van der Waals surface area contributed by atoms with Crippen molar-refractivity contribution in [1.29, 1.82) is 0 Å². The fourth-order valence-corrected chi connectivity index (χ4v) is 1.81. The maximum atomic E-state index is 11.1. The lowest BCUT2D eigenvalue weighted by molar-refractivity contribution is -0.148. The minimum atomic E-state index is -0.320. The molecule has 1 aromatic carbocycles. The molecule has 21 heavy (non-hydrogen) atoms. The van der Waals surface area contributed by atoms with Crippen LogP contribution in [0, 0.1) is 0 Å². The number of carbonyl (C=O) groups is 1. The first-order chi connectivity index (χ1) is 10.3. The molecule has 0 radical (unpaired) electrons. The quantitative estimate of drug-likeness (QED) is 0.499. The number of nitrogens with one attached hydrogen (secondary N) is 1. The van der Waals surface area contributed by atoms with Gasteiger partial charge in [0.05, 0.1) is 19.8 Å². The van der Waals surface area contributed by atoms with Crippen LogP contribution < -0.4 is 5.32 Å². The molecule has 0 aliphatic heterocycles. The molecule has 0 unspecified atom stereocenters. The first kappa shape index (κ1) is 17.6. The third kappa shape index (κ3) is 7.80. The van der Waals surface area contributed by atoms with Gasteiger partial charge in [-0.05, 0) is 25.0 Å². The van der Waals surface area contributed by atoms with Crippen LogP contribution in [-0.2, 0) is 32.2 Å².